The van der Waals surface area contributed by atoms with Gasteiger partial charge in [-0.15, -0.1) is 0 Å². The van der Waals surface area contributed by atoms with E-state index < -0.39 is 0 Å². The smallest absolute Gasteiger partial charge is 0.258 e. The van der Waals surface area contributed by atoms with Crippen molar-refractivity contribution in [2.24, 2.45) is 0 Å². The molecule has 1 aliphatic heterocycles. The molecule has 1 saturated heterocycles. The van der Waals surface area contributed by atoms with Crippen molar-refractivity contribution in [1.82, 2.24) is 19.4 Å². The normalized spacial score (nSPS) is 13.8. The van der Waals surface area contributed by atoms with Gasteiger partial charge in [-0.2, -0.15) is 0 Å². The number of anilines is 1. The second kappa shape index (κ2) is 10.6. The van der Waals surface area contributed by atoms with Crippen LogP contribution in [0.1, 0.15) is 25.5 Å². The van der Waals surface area contributed by atoms with Crippen LogP contribution in [0.3, 0.4) is 0 Å². The summed E-state index contributed by atoms with van der Waals surface area (Å²) in [6, 6.07) is 10.2. The molecule has 4 heterocycles. The van der Waals surface area contributed by atoms with Crippen LogP contribution in [0.5, 0.6) is 5.75 Å². The molecule has 4 rings (SSSR count). The first-order valence-corrected chi connectivity index (χ1v) is 11.3. The van der Waals surface area contributed by atoms with Crippen LogP contribution < -0.4 is 15.2 Å². The van der Waals surface area contributed by atoms with E-state index in [1.807, 2.05) is 0 Å². The van der Waals surface area contributed by atoms with Gasteiger partial charge in [-0.05, 0) is 56.3 Å². The van der Waals surface area contributed by atoms with Crippen LogP contribution in [0.15, 0.2) is 59.8 Å². The second-order valence-electron chi connectivity index (χ2n) is 7.92. The van der Waals surface area contributed by atoms with Gasteiger partial charge >= 0.3 is 0 Å². The van der Waals surface area contributed by atoms with Crippen molar-refractivity contribution in [3.8, 4) is 11.4 Å². The van der Waals surface area contributed by atoms with E-state index in [4.69, 9.17) is 16.3 Å². The molecule has 1 fully saturated rings. The number of ether oxygens (including phenoxy) is 1. The monoisotopic (exact) mass is 467 g/mol. The summed E-state index contributed by atoms with van der Waals surface area (Å²) in [5.41, 5.74) is 1.07. The van der Waals surface area contributed by atoms with Crippen molar-refractivity contribution in [1.29, 1.82) is 0 Å². The van der Waals surface area contributed by atoms with Crippen LogP contribution in [-0.2, 0) is 11.4 Å². The largest absolute Gasteiger partial charge is 0.487 e. The first-order chi connectivity index (χ1) is 16.0. The molecular weight excluding hydrogens is 442 g/mol. The number of halogens is 1. The van der Waals surface area contributed by atoms with Crippen LogP contribution in [0, 0.1) is 0 Å². The third kappa shape index (κ3) is 5.97. The molecule has 33 heavy (non-hydrogen) atoms. The van der Waals surface area contributed by atoms with Crippen molar-refractivity contribution in [2.75, 3.05) is 31.1 Å². The summed E-state index contributed by atoms with van der Waals surface area (Å²) in [7, 11) is 0. The zero-order valence-corrected chi connectivity index (χ0v) is 19.2. The Kier molecular flexibility index (Phi) is 7.36. The summed E-state index contributed by atoms with van der Waals surface area (Å²) < 4.78 is 7.15. The van der Waals surface area contributed by atoms with Crippen molar-refractivity contribution in [3.05, 3.63) is 76.1 Å². The molecule has 8 nitrogen and oxygen atoms in total. The SMILES string of the molecule is CC(=O)N(CCN1CCCC1)c1ccc(-n2ccc(OCc3ccc(Cl)cn3)cc2=O)cn1. The second-order valence-corrected chi connectivity index (χ2v) is 8.36. The Morgan fingerprint density at radius 3 is 2.58 bits per heavy atom. The van der Waals surface area contributed by atoms with E-state index in [0.29, 0.717) is 34.5 Å². The number of aromatic nitrogens is 3. The van der Waals surface area contributed by atoms with Crippen molar-refractivity contribution in [3.63, 3.8) is 0 Å². The Balaban J connectivity index is 1.42. The third-order valence-electron chi connectivity index (χ3n) is 5.57. The number of hydrogen-bond acceptors (Lipinski definition) is 6. The lowest BCUT2D eigenvalue weighted by Gasteiger charge is -2.23. The average molecular weight is 468 g/mol. The molecule has 3 aromatic rings. The zero-order chi connectivity index (χ0) is 23.2. The molecule has 0 radical (unpaired) electrons. The Bertz CT molecular complexity index is 1140. The molecule has 0 spiro atoms. The summed E-state index contributed by atoms with van der Waals surface area (Å²) in [5.74, 6) is 0.972. The van der Waals surface area contributed by atoms with Crippen LogP contribution in [0.4, 0.5) is 5.82 Å². The number of likely N-dealkylation sites (tertiary alicyclic amines) is 1. The molecule has 0 aromatic carbocycles. The molecule has 172 valence electrons. The first kappa shape index (κ1) is 22.9. The predicted molar refractivity (Wildman–Crippen MR) is 127 cm³/mol. The molecule has 0 aliphatic carbocycles. The number of rotatable bonds is 8. The first-order valence-electron chi connectivity index (χ1n) is 10.9. The Hall–Kier alpha value is -3.23. The Labute approximate surface area is 197 Å². The predicted octanol–water partition coefficient (Wildman–Crippen LogP) is 3.31. The maximum absolute atomic E-state index is 12.6. The summed E-state index contributed by atoms with van der Waals surface area (Å²) in [6.07, 6.45) is 7.21. The van der Waals surface area contributed by atoms with Gasteiger partial charge in [0.25, 0.3) is 5.56 Å². The summed E-state index contributed by atoms with van der Waals surface area (Å²) in [6.45, 7) is 5.36. The Morgan fingerprint density at radius 1 is 1.12 bits per heavy atom. The van der Waals surface area contributed by atoms with E-state index in [-0.39, 0.29) is 18.1 Å². The number of nitrogens with zero attached hydrogens (tertiary/aromatic N) is 5. The lowest BCUT2D eigenvalue weighted by atomic mass is 10.3. The van der Waals surface area contributed by atoms with E-state index in [9.17, 15) is 9.59 Å². The number of carbonyl (C=O) groups is 1. The highest BCUT2D eigenvalue weighted by Gasteiger charge is 2.17. The van der Waals surface area contributed by atoms with Gasteiger partial charge in [0.2, 0.25) is 5.91 Å². The maximum atomic E-state index is 12.6. The minimum Gasteiger partial charge on any atom is -0.487 e. The van der Waals surface area contributed by atoms with Gasteiger partial charge < -0.3 is 9.64 Å². The third-order valence-corrected chi connectivity index (χ3v) is 5.80. The van der Waals surface area contributed by atoms with Gasteiger partial charge in [0.15, 0.2) is 0 Å². The molecule has 0 saturated carbocycles. The molecular formula is C24H26ClN5O3. The van der Waals surface area contributed by atoms with Gasteiger partial charge in [-0.1, -0.05) is 11.6 Å². The number of amides is 1. The van der Waals surface area contributed by atoms with E-state index >= 15 is 0 Å². The van der Waals surface area contributed by atoms with Gasteiger partial charge in [-0.25, -0.2) is 4.98 Å². The van der Waals surface area contributed by atoms with Crippen LogP contribution in [0.25, 0.3) is 5.69 Å². The van der Waals surface area contributed by atoms with Gasteiger partial charge in [0.1, 0.15) is 18.2 Å². The molecule has 0 bridgehead atoms. The molecule has 9 heteroatoms. The maximum Gasteiger partial charge on any atom is 0.258 e. The number of hydrogen-bond donors (Lipinski definition) is 0. The van der Waals surface area contributed by atoms with E-state index in [1.165, 1.54) is 23.5 Å². The quantitative estimate of drug-likeness (QED) is 0.505. The minimum atomic E-state index is -0.247. The van der Waals surface area contributed by atoms with E-state index in [1.54, 1.807) is 60.7 Å². The standard InChI is InChI=1S/C24H26ClN5O3/c1-18(31)29(13-12-28-9-2-3-10-28)23-7-6-21(16-27-23)30-11-8-22(14-24(30)32)33-17-20-5-4-19(25)15-26-20/h4-8,11,14-16H,2-3,9-10,12-13,17H2,1H3. The van der Waals surface area contributed by atoms with Crippen LogP contribution >= 0.6 is 11.6 Å². The molecule has 1 amide bonds. The molecule has 0 unspecified atom stereocenters. The fraction of sp³-hybridized carbons (Fsp3) is 0.333. The summed E-state index contributed by atoms with van der Waals surface area (Å²) in [4.78, 5) is 37.4. The molecule has 1 aliphatic rings. The lowest BCUT2D eigenvalue weighted by molar-refractivity contribution is -0.116. The number of pyridine rings is 3. The zero-order valence-electron chi connectivity index (χ0n) is 18.5. The van der Waals surface area contributed by atoms with Crippen molar-refractivity contribution in [2.45, 2.75) is 26.4 Å². The van der Waals surface area contributed by atoms with Crippen LogP contribution in [0.2, 0.25) is 5.02 Å². The minimum absolute atomic E-state index is 0.0525. The van der Waals surface area contributed by atoms with Gasteiger partial charge in [0, 0.05) is 38.5 Å². The highest BCUT2D eigenvalue weighted by atomic mass is 35.5. The van der Waals surface area contributed by atoms with Crippen molar-refractivity contribution < 1.29 is 9.53 Å². The fourth-order valence-corrected chi connectivity index (χ4v) is 3.89. The van der Waals surface area contributed by atoms with Gasteiger partial charge in [0.05, 0.1) is 22.6 Å². The highest BCUT2D eigenvalue weighted by molar-refractivity contribution is 6.30. The number of carbonyl (C=O) groups excluding carboxylic acids is 1. The van der Waals surface area contributed by atoms with Gasteiger partial charge in [-0.3, -0.25) is 24.0 Å². The highest BCUT2D eigenvalue weighted by Crippen LogP contribution is 2.16. The summed E-state index contributed by atoms with van der Waals surface area (Å²) in [5, 5.41) is 0.555. The van der Waals surface area contributed by atoms with E-state index in [0.717, 1.165) is 19.6 Å². The molecule has 0 N–H and O–H groups in total. The Morgan fingerprint density at radius 2 is 1.94 bits per heavy atom. The molecule has 3 aromatic heterocycles. The average Bonchev–Trinajstić information content (AvgIpc) is 3.33. The topological polar surface area (TPSA) is 80.6 Å². The van der Waals surface area contributed by atoms with Crippen LogP contribution in [-0.4, -0.2) is 51.5 Å². The molecule has 0 atom stereocenters. The van der Waals surface area contributed by atoms with E-state index in [2.05, 4.69) is 14.9 Å². The fourth-order valence-electron chi connectivity index (χ4n) is 3.77. The summed E-state index contributed by atoms with van der Waals surface area (Å²) >= 11 is 5.84. The van der Waals surface area contributed by atoms with Crippen molar-refractivity contribution >= 4 is 23.3 Å². The lowest BCUT2D eigenvalue weighted by Crippen LogP contribution is -2.37.